The summed E-state index contributed by atoms with van der Waals surface area (Å²) >= 11 is 0. The highest BCUT2D eigenvalue weighted by atomic mass is 31.1. The third-order valence-electron chi connectivity index (χ3n) is 5.93. The minimum atomic E-state index is -1.52. The average molecular weight is 522 g/mol. The number of carbonyl (C=O) groups excluding carboxylic acids is 4. The molecule has 0 saturated heterocycles. The molecule has 0 radical (unpaired) electrons. The lowest BCUT2D eigenvalue weighted by molar-refractivity contribution is -0.115. The fraction of sp³-hybridized carbons (Fsp3) is 0.643. The molecule has 35 heavy (non-hydrogen) atoms. The number of anilines is 1. The van der Waals surface area contributed by atoms with Crippen LogP contribution in [0, 0.1) is 0 Å². The van der Waals surface area contributed by atoms with E-state index in [1.165, 1.54) is 0 Å². The van der Waals surface area contributed by atoms with Crippen LogP contribution in [0.1, 0.15) is 105 Å². The van der Waals surface area contributed by atoms with E-state index in [1.54, 1.807) is 0 Å². The molecule has 0 N–H and O–H groups in total. The zero-order valence-electron chi connectivity index (χ0n) is 22.3. The first-order valence-electron chi connectivity index (χ1n) is 13.4. The van der Waals surface area contributed by atoms with Gasteiger partial charge in [0.25, 0.3) is 0 Å². The van der Waals surface area contributed by atoms with Gasteiger partial charge in [0.15, 0.2) is 22.1 Å². The molecule has 0 atom stereocenters. The van der Waals surface area contributed by atoms with Gasteiger partial charge in [-0.1, -0.05) is 71.6 Å². The Morgan fingerprint density at radius 2 is 0.886 bits per heavy atom. The fourth-order valence-corrected chi connectivity index (χ4v) is 7.90. The van der Waals surface area contributed by atoms with Gasteiger partial charge in [-0.2, -0.15) is 0 Å². The monoisotopic (exact) mass is 521 g/mol. The molecule has 0 bridgehead atoms. The number of nitrogens with zero attached hydrogens (tertiary/aromatic N) is 1. The Morgan fingerprint density at radius 3 is 1.17 bits per heavy atom. The van der Waals surface area contributed by atoms with Gasteiger partial charge in [-0.3, -0.25) is 19.2 Å². The zero-order valence-corrected chi connectivity index (χ0v) is 24.0. The molecule has 0 aromatic heterocycles. The molecule has 0 aliphatic rings. The minimum absolute atomic E-state index is 0.0443. The van der Waals surface area contributed by atoms with Gasteiger partial charge >= 0.3 is 0 Å². The number of benzene rings is 1. The molecule has 0 fully saturated rings. The summed E-state index contributed by atoms with van der Waals surface area (Å²) in [6, 6.07) is 9.65. The first-order valence-corrected chi connectivity index (χ1v) is 16.4. The Bertz CT molecular complexity index is 698. The quantitative estimate of drug-likeness (QED) is 0.152. The molecule has 7 heteroatoms. The Hall–Kier alpha value is -1.44. The molecular formula is C28H45NO4P2. The topological polar surface area (TPSA) is 71.5 Å². The summed E-state index contributed by atoms with van der Waals surface area (Å²) in [6.07, 6.45) is 9.01. The van der Waals surface area contributed by atoms with Gasteiger partial charge in [-0.05, 0) is 37.8 Å². The second kappa shape index (κ2) is 18.8. The summed E-state index contributed by atoms with van der Waals surface area (Å²) in [4.78, 5) is 54.6. The minimum Gasteiger partial charge on any atom is -0.362 e. The highest BCUT2D eigenvalue weighted by Crippen LogP contribution is 2.47. The van der Waals surface area contributed by atoms with Gasteiger partial charge in [-0.15, -0.1) is 0 Å². The smallest absolute Gasteiger partial charge is 0.163 e. The lowest BCUT2D eigenvalue weighted by atomic mass is 10.3. The van der Waals surface area contributed by atoms with Crippen molar-refractivity contribution in [3.63, 3.8) is 0 Å². The van der Waals surface area contributed by atoms with E-state index in [9.17, 15) is 19.2 Å². The molecule has 0 aliphatic heterocycles. The van der Waals surface area contributed by atoms with Gasteiger partial charge in [0.2, 0.25) is 0 Å². The third-order valence-corrected chi connectivity index (χ3v) is 10.5. The van der Waals surface area contributed by atoms with E-state index in [-0.39, 0.29) is 22.1 Å². The van der Waals surface area contributed by atoms with Crippen molar-refractivity contribution in [1.29, 1.82) is 0 Å². The summed E-state index contributed by atoms with van der Waals surface area (Å²) in [5.74, 6) is 0. The van der Waals surface area contributed by atoms with Crippen LogP contribution in [0.25, 0.3) is 0 Å². The van der Waals surface area contributed by atoms with Crippen LogP contribution in [0.4, 0.5) is 5.69 Å². The van der Waals surface area contributed by atoms with E-state index in [4.69, 9.17) is 0 Å². The molecule has 0 spiro atoms. The van der Waals surface area contributed by atoms with Crippen LogP contribution in [0.3, 0.4) is 0 Å². The van der Waals surface area contributed by atoms with E-state index >= 15 is 0 Å². The van der Waals surface area contributed by atoms with Crippen molar-refractivity contribution < 1.29 is 19.2 Å². The van der Waals surface area contributed by atoms with E-state index in [2.05, 4.69) is 0 Å². The van der Waals surface area contributed by atoms with Crippen molar-refractivity contribution in [2.45, 2.75) is 105 Å². The number of para-hydroxylation sites is 1. The lowest BCUT2D eigenvalue weighted by Gasteiger charge is -2.31. The fourth-order valence-electron chi connectivity index (χ4n) is 3.63. The standard InChI is InChI=1S/C28H45NO4P2/c1-5-9-18-25(30)34(26(31)19-10-6-2)22-29(24-16-14-13-15-17-24)23-35(27(32)20-11-7-3)28(33)21-12-8-4/h13-17H,5-12,18-23H2,1-4H3. The van der Waals surface area contributed by atoms with Crippen molar-refractivity contribution >= 4 is 43.6 Å². The second-order valence-electron chi connectivity index (χ2n) is 9.00. The predicted molar refractivity (Wildman–Crippen MR) is 151 cm³/mol. The lowest BCUT2D eigenvalue weighted by Crippen LogP contribution is -2.29. The normalized spacial score (nSPS) is 11.1. The van der Waals surface area contributed by atoms with Gasteiger partial charge in [0, 0.05) is 31.4 Å². The molecule has 0 heterocycles. The van der Waals surface area contributed by atoms with E-state index in [1.807, 2.05) is 62.9 Å². The number of rotatable bonds is 21. The highest BCUT2D eigenvalue weighted by molar-refractivity contribution is 7.90. The number of carbonyl (C=O) groups is 4. The molecule has 0 unspecified atom stereocenters. The van der Waals surface area contributed by atoms with Crippen LogP contribution in [0.2, 0.25) is 0 Å². The maximum absolute atomic E-state index is 13.2. The van der Waals surface area contributed by atoms with Gasteiger partial charge in [-0.25, -0.2) is 0 Å². The zero-order chi connectivity index (χ0) is 26.1. The van der Waals surface area contributed by atoms with Gasteiger partial charge in [0.05, 0.1) is 28.4 Å². The van der Waals surface area contributed by atoms with Crippen molar-refractivity contribution in [2.75, 3.05) is 17.5 Å². The Kier molecular flexibility index (Phi) is 16.9. The van der Waals surface area contributed by atoms with Crippen LogP contribution in [-0.4, -0.2) is 34.7 Å². The van der Waals surface area contributed by atoms with Gasteiger partial charge < -0.3 is 4.90 Å². The third kappa shape index (κ3) is 11.9. The van der Waals surface area contributed by atoms with Gasteiger partial charge in [0.1, 0.15) is 0 Å². The summed E-state index contributed by atoms with van der Waals surface area (Å²) in [6.45, 7) is 8.17. The van der Waals surface area contributed by atoms with E-state index in [0.29, 0.717) is 38.3 Å². The molecule has 0 amide bonds. The molecule has 0 aliphatic carbocycles. The summed E-state index contributed by atoms with van der Waals surface area (Å²) in [5, 5.41) is 0. The first-order chi connectivity index (χ1) is 16.9. The Balaban J connectivity index is 3.29. The summed E-state index contributed by atoms with van der Waals surface area (Å²) < 4.78 is 0. The first kappa shape index (κ1) is 31.6. The largest absolute Gasteiger partial charge is 0.362 e. The molecule has 0 saturated carbocycles. The van der Waals surface area contributed by atoms with Crippen LogP contribution in [0.5, 0.6) is 0 Å². The van der Waals surface area contributed by atoms with Crippen molar-refractivity contribution in [3.8, 4) is 0 Å². The van der Waals surface area contributed by atoms with Crippen molar-refractivity contribution in [2.24, 2.45) is 0 Å². The second-order valence-corrected chi connectivity index (χ2v) is 13.3. The summed E-state index contributed by atoms with van der Waals surface area (Å²) in [7, 11) is -3.05. The average Bonchev–Trinajstić information content (AvgIpc) is 2.88. The van der Waals surface area contributed by atoms with E-state index < -0.39 is 15.8 Å². The van der Waals surface area contributed by atoms with E-state index in [0.717, 1.165) is 57.1 Å². The van der Waals surface area contributed by atoms with Crippen molar-refractivity contribution in [1.82, 2.24) is 0 Å². The molecular weight excluding hydrogens is 476 g/mol. The van der Waals surface area contributed by atoms with Crippen LogP contribution in [0.15, 0.2) is 30.3 Å². The highest BCUT2D eigenvalue weighted by Gasteiger charge is 2.32. The number of unbranched alkanes of at least 4 members (excludes halogenated alkanes) is 4. The molecule has 5 nitrogen and oxygen atoms in total. The molecule has 196 valence electrons. The number of hydrogen-bond acceptors (Lipinski definition) is 5. The maximum atomic E-state index is 13.2. The predicted octanol–water partition coefficient (Wildman–Crippen LogP) is 8.24. The Morgan fingerprint density at radius 1 is 0.571 bits per heavy atom. The maximum Gasteiger partial charge on any atom is 0.163 e. The van der Waals surface area contributed by atoms with Crippen LogP contribution < -0.4 is 4.90 Å². The molecule has 1 aromatic carbocycles. The Labute approximate surface area is 215 Å². The number of hydrogen-bond donors (Lipinski definition) is 0. The van der Waals surface area contributed by atoms with Crippen LogP contribution >= 0.6 is 15.8 Å². The van der Waals surface area contributed by atoms with Crippen molar-refractivity contribution in [3.05, 3.63) is 30.3 Å². The summed E-state index contributed by atoms with van der Waals surface area (Å²) in [5.41, 5.74) is 1.04. The van der Waals surface area contributed by atoms with Crippen LogP contribution in [-0.2, 0) is 19.2 Å². The molecule has 1 aromatic rings. The SMILES string of the molecule is CCCCC(=O)P(CN(CP(C(=O)CCCC)C(=O)CCCC)c1ccccc1)C(=O)CCCC. The molecule has 1 rings (SSSR count).